The van der Waals surface area contributed by atoms with E-state index in [9.17, 15) is 4.79 Å². The number of carbonyl (C=O) groups is 1. The van der Waals surface area contributed by atoms with Crippen LogP contribution in [0.4, 0.5) is 0 Å². The van der Waals surface area contributed by atoms with Crippen molar-refractivity contribution >= 4 is 5.91 Å². The topological polar surface area (TPSA) is 59.2 Å². The number of hydrogen-bond donors (Lipinski definition) is 1. The highest BCUT2D eigenvalue weighted by atomic mass is 16.2. The highest BCUT2D eigenvalue weighted by molar-refractivity contribution is 5.83. The van der Waals surface area contributed by atoms with E-state index in [2.05, 4.69) is 4.98 Å². The normalized spacial score (nSPS) is 18.0. The Morgan fingerprint density at radius 2 is 2.00 bits per heavy atom. The van der Waals surface area contributed by atoms with Crippen LogP contribution in [0.15, 0.2) is 24.4 Å². The maximum absolute atomic E-state index is 13.1. The van der Waals surface area contributed by atoms with Crippen molar-refractivity contribution in [1.29, 1.82) is 0 Å². The van der Waals surface area contributed by atoms with Gasteiger partial charge >= 0.3 is 0 Å². The first kappa shape index (κ1) is 16.0. The van der Waals surface area contributed by atoms with Crippen LogP contribution in [-0.4, -0.2) is 28.9 Å². The minimum Gasteiger partial charge on any atom is -0.337 e. The summed E-state index contributed by atoms with van der Waals surface area (Å²) in [6.07, 6.45) is 8.32. The van der Waals surface area contributed by atoms with E-state index in [1.807, 2.05) is 30.0 Å². The number of carbonyl (C=O) groups excluding carboxylic acids is 1. The standard InChI is InChI=1S/C17H27N3O/c1-2-20(13-15-9-5-8-12-19-15)16(21)17(14-18)10-6-3-4-7-11-17/h5,8-9,12H,2-4,6-7,10-11,13-14,18H2,1H3. The Kier molecular flexibility index (Phi) is 5.74. The molecule has 1 fully saturated rings. The van der Waals surface area contributed by atoms with Crippen LogP contribution in [0, 0.1) is 5.41 Å². The quantitative estimate of drug-likeness (QED) is 0.848. The number of rotatable bonds is 5. The number of amides is 1. The molecule has 0 unspecified atom stereocenters. The summed E-state index contributed by atoms with van der Waals surface area (Å²) in [5.74, 6) is 0.222. The predicted octanol–water partition coefficient (Wildman–Crippen LogP) is 2.73. The zero-order chi connectivity index (χ0) is 15.1. The van der Waals surface area contributed by atoms with E-state index in [1.54, 1.807) is 6.20 Å². The summed E-state index contributed by atoms with van der Waals surface area (Å²) in [5, 5.41) is 0. The molecule has 0 atom stereocenters. The van der Waals surface area contributed by atoms with E-state index < -0.39 is 0 Å². The molecule has 0 radical (unpaired) electrons. The maximum atomic E-state index is 13.1. The minimum atomic E-state index is -0.346. The van der Waals surface area contributed by atoms with Gasteiger partial charge in [0.05, 0.1) is 17.7 Å². The van der Waals surface area contributed by atoms with Crippen molar-refractivity contribution in [3.8, 4) is 0 Å². The summed E-state index contributed by atoms with van der Waals surface area (Å²) >= 11 is 0. The van der Waals surface area contributed by atoms with Gasteiger partial charge in [-0.15, -0.1) is 0 Å². The molecule has 21 heavy (non-hydrogen) atoms. The Morgan fingerprint density at radius 3 is 2.52 bits per heavy atom. The molecular formula is C17H27N3O. The van der Waals surface area contributed by atoms with Crippen molar-refractivity contribution in [1.82, 2.24) is 9.88 Å². The highest BCUT2D eigenvalue weighted by Gasteiger charge is 2.39. The van der Waals surface area contributed by atoms with Crippen LogP contribution in [0.2, 0.25) is 0 Å². The summed E-state index contributed by atoms with van der Waals surface area (Å²) in [6, 6.07) is 5.83. The van der Waals surface area contributed by atoms with Crippen LogP contribution < -0.4 is 5.73 Å². The second-order valence-corrected chi connectivity index (χ2v) is 6.04. The number of aromatic nitrogens is 1. The highest BCUT2D eigenvalue weighted by Crippen LogP contribution is 2.36. The lowest BCUT2D eigenvalue weighted by Crippen LogP contribution is -2.47. The van der Waals surface area contributed by atoms with Crippen molar-refractivity contribution < 1.29 is 4.79 Å². The summed E-state index contributed by atoms with van der Waals surface area (Å²) in [5.41, 5.74) is 6.62. The molecule has 0 aliphatic heterocycles. The van der Waals surface area contributed by atoms with E-state index >= 15 is 0 Å². The molecule has 1 amide bonds. The van der Waals surface area contributed by atoms with Gasteiger partial charge in [0.25, 0.3) is 0 Å². The van der Waals surface area contributed by atoms with E-state index in [0.717, 1.165) is 31.4 Å². The van der Waals surface area contributed by atoms with Gasteiger partial charge in [0.1, 0.15) is 0 Å². The molecule has 0 spiro atoms. The van der Waals surface area contributed by atoms with Crippen molar-refractivity contribution in [2.75, 3.05) is 13.1 Å². The van der Waals surface area contributed by atoms with Gasteiger partial charge in [-0.2, -0.15) is 0 Å². The molecule has 2 N–H and O–H groups in total. The first-order valence-electron chi connectivity index (χ1n) is 8.11. The van der Waals surface area contributed by atoms with Gasteiger partial charge in [-0.3, -0.25) is 9.78 Å². The van der Waals surface area contributed by atoms with Crippen LogP contribution in [0.25, 0.3) is 0 Å². The lowest BCUT2D eigenvalue weighted by molar-refractivity contribution is -0.143. The Labute approximate surface area is 127 Å². The second-order valence-electron chi connectivity index (χ2n) is 6.04. The average molecular weight is 289 g/mol. The van der Waals surface area contributed by atoms with Gasteiger partial charge in [0.2, 0.25) is 5.91 Å². The molecule has 4 heteroatoms. The fourth-order valence-corrected chi connectivity index (χ4v) is 3.26. The summed E-state index contributed by atoms with van der Waals surface area (Å²) in [4.78, 5) is 19.3. The predicted molar refractivity (Wildman–Crippen MR) is 84.5 cm³/mol. The third-order valence-corrected chi connectivity index (χ3v) is 4.65. The molecule has 1 aromatic rings. The molecule has 116 valence electrons. The monoisotopic (exact) mass is 289 g/mol. The Bertz CT molecular complexity index is 439. The van der Waals surface area contributed by atoms with E-state index in [0.29, 0.717) is 19.6 Å². The van der Waals surface area contributed by atoms with Crippen LogP contribution in [-0.2, 0) is 11.3 Å². The largest absolute Gasteiger partial charge is 0.337 e. The van der Waals surface area contributed by atoms with E-state index in [-0.39, 0.29) is 11.3 Å². The second kappa shape index (κ2) is 7.55. The van der Waals surface area contributed by atoms with Gasteiger partial charge < -0.3 is 10.6 Å². The van der Waals surface area contributed by atoms with Crippen molar-refractivity contribution in [3.05, 3.63) is 30.1 Å². The van der Waals surface area contributed by atoms with Crippen LogP contribution in [0.5, 0.6) is 0 Å². The fourth-order valence-electron chi connectivity index (χ4n) is 3.26. The third-order valence-electron chi connectivity index (χ3n) is 4.65. The molecular weight excluding hydrogens is 262 g/mol. The van der Waals surface area contributed by atoms with Gasteiger partial charge in [0.15, 0.2) is 0 Å². The van der Waals surface area contributed by atoms with E-state index in [1.165, 1.54) is 12.8 Å². The van der Waals surface area contributed by atoms with Gasteiger partial charge in [-0.1, -0.05) is 31.7 Å². The van der Waals surface area contributed by atoms with E-state index in [4.69, 9.17) is 5.73 Å². The molecule has 1 aromatic heterocycles. The lowest BCUT2D eigenvalue weighted by atomic mass is 9.79. The molecule has 1 heterocycles. The van der Waals surface area contributed by atoms with Crippen molar-refractivity contribution in [2.45, 2.75) is 52.0 Å². The van der Waals surface area contributed by atoms with Crippen LogP contribution >= 0.6 is 0 Å². The Morgan fingerprint density at radius 1 is 1.29 bits per heavy atom. The molecule has 1 aliphatic rings. The molecule has 1 aliphatic carbocycles. The van der Waals surface area contributed by atoms with Crippen molar-refractivity contribution in [2.24, 2.45) is 11.1 Å². The summed E-state index contributed by atoms with van der Waals surface area (Å²) in [7, 11) is 0. The zero-order valence-corrected chi connectivity index (χ0v) is 13.1. The zero-order valence-electron chi connectivity index (χ0n) is 13.1. The molecule has 1 saturated carbocycles. The molecule has 2 rings (SSSR count). The average Bonchev–Trinajstić information content (AvgIpc) is 2.79. The molecule has 0 bridgehead atoms. The molecule has 0 aromatic carbocycles. The smallest absolute Gasteiger partial charge is 0.230 e. The summed E-state index contributed by atoms with van der Waals surface area (Å²) in [6.45, 7) is 3.78. The maximum Gasteiger partial charge on any atom is 0.230 e. The number of pyridine rings is 1. The Balaban J connectivity index is 2.13. The lowest BCUT2D eigenvalue weighted by Gasteiger charge is -2.35. The molecule has 0 saturated heterocycles. The number of hydrogen-bond acceptors (Lipinski definition) is 3. The van der Waals surface area contributed by atoms with Gasteiger partial charge in [-0.25, -0.2) is 0 Å². The van der Waals surface area contributed by atoms with Crippen molar-refractivity contribution in [3.63, 3.8) is 0 Å². The molecule has 4 nitrogen and oxygen atoms in total. The first-order chi connectivity index (χ1) is 10.2. The van der Waals surface area contributed by atoms with Crippen LogP contribution in [0.3, 0.4) is 0 Å². The minimum absolute atomic E-state index is 0.222. The number of nitrogens with two attached hydrogens (primary N) is 1. The third kappa shape index (κ3) is 3.82. The Hall–Kier alpha value is -1.42. The summed E-state index contributed by atoms with van der Waals surface area (Å²) < 4.78 is 0. The van der Waals surface area contributed by atoms with Crippen LogP contribution in [0.1, 0.15) is 51.1 Å². The first-order valence-corrected chi connectivity index (χ1v) is 8.11. The SMILES string of the molecule is CCN(Cc1ccccn1)C(=O)C1(CN)CCCCCC1. The number of nitrogens with zero attached hydrogens (tertiary/aromatic N) is 2. The van der Waals surface area contributed by atoms with Gasteiger partial charge in [-0.05, 0) is 31.9 Å². The van der Waals surface area contributed by atoms with Gasteiger partial charge in [0, 0.05) is 19.3 Å². The fraction of sp³-hybridized carbons (Fsp3) is 0.647.